The van der Waals surface area contributed by atoms with Gasteiger partial charge in [0, 0.05) is 41.2 Å². The average molecular weight is 564 g/mol. The maximum atomic E-state index is 14.1. The van der Waals surface area contributed by atoms with E-state index in [4.69, 9.17) is 9.84 Å². The van der Waals surface area contributed by atoms with Crippen LogP contribution in [-0.2, 0) is 21.9 Å². The van der Waals surface area contributed by atoms with E-state index in [1.807, 2.05) is 0 Å². The molecule has 0 saturated carbocycles. The summed E-state index contributed by atoms with van der Waals surface area (Å²) in [6.45, 7) is 0.598. The Morgan fingerprint density at radius 2 is 1.71 bits per heavy atom. The van der Waals surface area contributed by atoms with E-state index in [1.54, 1.807) is 0 Å². The van der Waals surface area contributed by atoms with Crippen LogP contribution in [0.1, 0.15) is 16.7 Å². The number of aliphatic hydroxyl groups excluding tert-OH is 1. The van der Waals surface area contributed by atoms with E-state index in [9.17, 15) is 35.9 Å². The molecule has 3 rings (SSSR count). The maximum Gasteiger partial charge on any atom is 0.418 e. The van der Waals surface area contributed by atoms with Crippen molar-refractivity contribution in [2.45, 2.75) is 22.1 Å². The Morgan fingerprint density at radius 1 is 1.03 bits per heavy atom. The summed E-state index contributed by atoms with van der Waals surface area (Å²) in [6, 6.07) is 6.64. The fourth-order valence-corrected chi connectivity index (χ4v) is 4.61. The van der Waals surface area contributed by atoms with Crippen LogP contribution in [0.25, 0.3) is 6.08 Å². The summed E-state index contributed by atoms with van der Waals surface area (Å²) in [7, 11) is 0. The third-order valence-electron chi connectivity index (χ3n) is 5.21. The van der Waals surface area contributed by atoms with E-state index in [2.05, 4.69) is 10.6 Å². The molecule has 2 aromatic carbocycles. The third kappa shape index (κ3) is 7.88. The Balaban J connectivity index is 1.97. The Kier molecular flexibility index (Phi) is 9.68. The number of hydrogen-bond donors (Lipinski definition) is 3. The van der Waals surface area contributed by atoms with Crippen LogP contribution < -0.4 is 10.6 Å². The van der Waals surface area contributed by atoms with Gasteiger partial charge in [0.05, 0.1) is 30.9 Å². The van der Waals surface area contributed by atoms with Crippen molar-refractivity contribution in [1.29, 1.82) is 0 Å². The van der Waals surface area contributed by atoms with Crippen LogP contribution in [0.3, 0.4) is 0 Å². The number of aliphatic hydroxyl groups is 1. The number of alkyl halides is 6. The van der Waals surface area contributed by atoms with E-state index < -0.39 is 45.9 Å². The van der Waals surface area contributed by atoms with E-state index in [1.165, 1.54) is 29.2 Å². The number of hydrogen-bond acceptors (Lipinski definition) is 5. The van der Waals surface area contributed by atoms with Gasteiger partial charge in [0.1, 0.15) is 0 Å². The molecule has 3 N–H and O–H groups in total. The second-order valence-electron chi connectivity index (χ2n) is 7.90. The molecule has 0 radical (unpaired) electrons. The quantitative estimate of drug-likeness (QED) is 0.331. The summed E-state index contributed by atoms with van der Waals surface area (Å²) in [6.07, 6.45) is -9.19. The highest BCUT2D eigenvalue weighted by atomic mass is 32.2. The molecule has 0 aliphatic carbocycles. The minimum atomic E-state index is -5.38. The summed E-state index contributed by atoms with van der Waals surface area (Å²) in [5.74, 6) is -0.638. The van der Waals surface area contributed by atoms with Crippen molar-refractivity contribution in [2.24, 2.45) is 0 Å². The van der Waals surface area contributed by atoms with Gasteiger partial charge in [-0.25, -0.2) is 4.79 Å². The van der Waals surface area contributed by atoms with Gasteiger partial charge in [-0.2, -0.15) is 26.3 Å². The van der Waals surface area contributed by atoms with Crippen LogP contribution >= 0.6 is 11.8 Å². The number of rotatable bonds is 7. The number of amides is 3. The van der Waals surface area contributed by atoms with Gasteiger partial charge in [-0.1, -0.05) is 23.9 Å². The first kappa shape index (κ1) is 29.3. The summed E-state index contributed by atoms with van der Waals surface area (Å²) >= 11 is 0.441. The summed E-state index contributed by atoms with van der Waals surface area (Å²) < 4.78 is 89.4. The number of morpholine rings is 1. The molecule has 0 unspecified atom stereocenters. The van der Waals surface area contributed by atoms with Crippen molar-refractivity contribution in [2.75, 3.05) is 44.8 Å². The lowest BCUT2D eigenvalue weighted by atomic mass is 9.99. The van der Waals surface area contributed by atoms with Crippen molar-refractivity contribution < 1.29 is 45.8 Å². The molecule has 38 heavy (non-hydrogen) atoms. The van der Waals surface area contributed by atoms with Crippen LogP contribution in [0.5, 0.6) is 0 Å². The first-order valence-electron chi connectivity index (χ1n) is 11.2. The fourth-order valence-electron chi connectivity index (χ4n) is 3.57. The molecule has 1 fully saturated rings. The Bertz CT molecular complexity index is 1180. The Labute approximate surface area is 217 Å². The highest BCUT2D eigenvalue weighted by Crippen LogP contribution is 2.48. The van der Waals surface area contributed by atoms with Crippen LogP contribution in [0.15, 0.2) is 52.3 Å². The van der Waals surface area contributed by atoms with Gasteiger partial charge >= 0.3 is 18.4 Å². The molecule has 3 amide bonds. The number of ether oxygens (including phenoxy) is 1. The molecule has 1 aliphatic rings. The molecule has 2 aromatic rings. The maximum absolute atomic E-state index is 14.1. The van der Waals surface area contributed by atoms with E-state index in [-0.39, 0.29) is 50.0 Å². The smallest absolute Gasteiger partial charge is 0.395 e. The average Bonchev–Trinajstić information content (AvgIpc) is 2.85. The number of nitrogens with one attached hydrogen (secondary N) is 2. The number of halogens is 6. The molecule has 206 valence electrons. The van der Waals surface area contributed by atoms with Crippen molar-refractivity contribution >= 4 is 35.5 Å². The van der Waals surface area contributed by atoms with Gasteiger partial charge in [0.2, 0.25) is 5.91 Å². The number of anilines is 1. The van der Waals surface area contributed by atoms with Crippen LogP contribution in [-0.4, -0.2) is 61.4 Å². The van der Waals surface area contributed by atoms with Crippen molar-refractivity contribution in [3.8, 4) is 0 Å². The number of nitrogens with zero attached hydrogens (tertiary/aromatic N) is 1. The molecule has 0 bridgehead atoms. The zero-order chi connectivity index (χ0) is 27.9. The normalized spacial score (nSPS) is 14.6. The monoisotopic (exact) mass is 563 g/mol. The van der Waals surface area contributed by atoms with Gasteiger partial charge in [-0.3, -0.25) is 4.79 Å². The molecule has 0 atom stereocenters. The largest absolute Gasteiger partial charge is 0.418 e. The summed E-state index contributed by atoms with van der Waals surface area (Å²) in [4.78, 5) is 24.8. The molecular formula is C24H23F6N3O4S. The molecule has 1 saturated heterocycles. The molecular weight excluding hydrogens is 540 g/mol. The second-order valence-corrected chi connectivity index (χ2v) is 9.02. The fraction of sp³-hybridized carbons (Fsp3) is 0.333. The van der Waals surface area contributed by atoms with Crippen LogP contribution in [0, 0.1) is 0 Å². The summed E-state index contributed by atoms with van der Waals surface area (Å²) in [5, 5.41) is 13.5. The van der Waals surface area contributed by atoms with Gasteiger partial charge in [0.15, 0.2) is 0 Å². The SMILES string of the molecule is O=C(NCCO)Nc1cccc(Sc2ccc(/C=C/C(=O)N3CCOCC3)c(C(F)(F)F)c2C(F)(F)F)c1. The number of urea groups is 1. The number of benzene rings is 2. The minimum absolute atomic E-state index is 0.0335. The molecule has 7 nitrogen and oxygen atoms in total. The predicted molar refractivity (Wildman–Crippen MR) is 128 cm³/mol. The van der Waals surface area contributed by atoms with E-state index >= 15 is 0 Å². The number of carbonyl (C=O) groups is 2. The highest BCUT2D eigenvalue weighted by molar-refractivity contribution is 7.99. The lowest BCUT2D eigenvalue weighted by Gasteiger charge is -2.25. The Morgan fingerprint density at radius 3 is 2.34 bits per heavy atom. The standard InChI is InChI=1S/C24H23F6N3O4S/c25-23(26,27)20-15(5-7-19(35)33-9-12-37-13-10-33)4-6-18(21(20)24(28,29)30)38-17-3-1-2-16(14-17)32-22(36)31-8-11-34/h1-7,14,34H,8-13H2,(H2,31,32,36)/b7-5+. The topological polar surface area (TPSA) is 90.9 Å². The first-order valence-corrected chi connectivity index (χ1v) is 12.0. The predicted octanol–water partition coefficient (Wildman–Crippen LogP) is 4.86. The lowest BCUT2D eigenvalue weighted by Crippen LogP contribution is -2.39. The first-order chi connectivity index (χ1) is 17.9. The van der Waals surface area contributed by atoms with Gasteiger partial charge < -0.3 is 25.4 Å². The molecule has 1 heterocycles. The highest BCUT2D eigenvalue weighted by Gasteiger charge is 2.46. The lowest BCUT2D eigenvalue weighted by molar-refractivity contribution is -0.163. The van der Waals surface area contributed by atoms with Gasteiger partial charge in [-0.05, 0) is 35.9 Å². The van der Waals surface area contributed by atoms with Crippen LogP contribution in [0.2, 0.25) is 0 Å². The summed E-state index contributed by atoms with van der Waals surface area (Å²) in [5.41, 5.74) is -4.41. The molecule has 0 aromatic heterocycles. The number of carbonyl (C=O) groups excluding carboxylic acids is 2. The minimum Gasteiger partial charge on any atom is -0.395 e. The zero-order valence-corrected chi connectivity index (χ0v) is 20.5. The van der Waals surface area contributed by atoms with E-state index in [0.29, 0.717) is 11.8 Å². The molecule has 14 heteroatoms. The van der Waals surface area contributed by atoms with Crippen LogP contribution in [0.4, 0.5) is 36.8 Å². The van der Waals surface area contributed by atoms with Crippen molar-refractivity contribution in [3.63, 3.8) is 0 Å². The van der Waals surface area contributed by atoms with Gasteiger partial charge in [-0.15, -0.1) is 0 Å². The van der Waals surface area contributed by atoms with Crippen molar-refractivity contribution in [1.82, 2.24) is 10.2 Å². The van der Waals surface area contributed by atoms with Gasteiger partial charge in [0.25, 0.3) is 0 Å². The second kappa shape index (κ2) is 12.5. The van der Waals surface area contributed by atoms with Crippen molar-refractivity contribution in [3.05, 3.63) is 59.2 Å². The zero-order valence-electron chi connectivity index (χ0n) is 19.7. The molecule has 1 aliphatic heterocycles. The Hall–Kier alpha value is -3.23. The van der Waals surface area contributed by atoms with E-state index in [0.717, 1.165) is 24.3 Å². The third-order valence-corrected chi connectivity index (χ3v) is 6.26. The molecule has 0 spiro atoms.